The zero-order valence-electron chi connectivity index (χ0n) is 35.7. The Kier molecular flexibility index (Phi) is 13.7. The Morgan fingerprint density at radius 1 is 0.952 bits per heavy atom. The topological polar surface area (TPSA) is 185 Å². The van der Waals surface area contributed by atoms with E-state index in [1.807, 2.05) is 74.2 Å². The second-order valence-electron chi connectivity index (χ2n) is 16.5. The molecule has 2 aliphatic heterocycles. The van der Waals surface area contributed by atoms with Crippen molar-refractivity contribution >= 4 is 23.8 Å². The van der Waals surface area contributed by atoms with Crippen LogP contribution in [0.1, 0.15) is 85.7 Å². The molecule has 1 aliphatic carbocycles. The molecule has 1 saturated heterocycles. The number of rotatable bonds is 15. The van der Waals surface area contributed by atoms with Crippen molar-refractivity contribution in [3.63, 3.8) is 0 Å². The van der Waals surface area contributed by atoms with Gasteiger partial charge in [0, 0.05) is 61.5 Å². The number of hydroxylamine groups is 1. The summed E-state index contributed by atoms with van der Waals surface area (Å²) < 4.78 is 1.63. The number of hydrogen-bond acceptors (Lipinski definition) is 10. The first-order chi connectivity index (χ1) is 29.9. The van der Waals surface area contributed by atoms with Crippen LogP contribution in [0, 0.1) is 11.8 Å². The number of aromatic hydroxyl groups is 2. The highest BCUT2D eigenvalue weighted by Crippen LogP contribution is 2.38. The van der Waals surface area contributed by atoms with E-state index in [1.165, 1.54) is 23.4 Å². The Labute approximate surface area is 362 Å². The number of amides is 3. The van der Waals surface area contributed by atoms with Crippen LogP contribution in [0.25, 0.3) is 23.2 Å². The Morgan fingerprint density at radius 3 is 2.35 bits per heavy atom. The number of piperidine rings is 1. The highest BCUT2D eigenvalue weighted by Gasteiger charge is 2.33. The molecule has 14 nitrogen and oxygen atoms in total. The fourth-order valence-corrected chi connectivity index (χ4v) is 8.64. The third-order valence-corrected chi connectivity index (χ3v) is 12.0. The van der Waals surface area contributed by atoms with E-state index in [1.54, 1.807) is 22.2 Å². The number of aromatic nitrogens is 3. The first kappa shape index (κ1) is 43.6. The first-order valence-corrected chi connectivity index (χ1v) is 21.4. The molecule has 7 rings (SSSR count). The summed E-state index contributed by atoms with van der Waals surface area (Å²) in [7, 11) is 0. The molecule has 324 valence electrons. The zero-order chi connectivity index (χ0) is 43.9. The lowest BCUT2D eigenvalue weighted by atomic mass is 9.88. The van der Waals surface area contributed by atoms with Gasteiger partial charge in [0.15, 0.2) is 5.82 Å². The summed E-state index contributed by atoms with van der Waals surface area (Å²) in [5, 5.41) is 45.2. The van der Waals surface area contributed by atoms with E-state index >= 15 is 0 Å². The molecule has 0 bridgehead atoms. The summed E-state index contributed by atoms with van der Waals surface area (Å²) in [5.74, 6) is -0.547. The highest BCUT2D eigenvalue weighted by molar-refractivity contribution is 5.92. The van der Waals surface area contributed by atoms with Crippen molar-refractivity contribution < 1.29 is 29.8 Å². The number of nitrogens with zero attached hydrogens (tertiary/aromatic N) is 5. The Balaban J connectivity index is 1.03. The Morgan fingerprint density at radius 2 is 1.66 bits per heavy atom. The zero-order valence-corrected chi connectivity index (χ0v) is 35.7. The van der Waals surface area contributed by atoms with Gasteiger partial charge in [0.1, 0.15) is 11.5 Å². The Bertz CT molecular complexity index is 2390. The third-order valence-electron chi connectivity index (χ3n) is 12.0. The van der Waals surface area contributed by atoms with Crippen molar-refractivity contribution in [2.24, 2.45) is 11.8 Å². The molecule has 3 aromatic carbocycles. The maximum Gasteiger partial charge on any atom is 0.289 e. The van der Waals surface area contributed by atoms with Crippen LogP contribution in [0.2, 0.25) is 0 Å². The van der Waals surface area contributed by atoms with Gasteiger partial charge in [-0.2, -0.15) is 0 Å². The molecular weight excluding hydrogens is 785 g/mol. The van der Waals surface area contributed by atoms with E-state index in [9.17, 15) is 24.6 Å². The largest absolute Gasteiger partial charge is 0.508 e. The first-order valence-electron chi connectivity index (χ1n) is 21.4. The number of phenolic OH excluding ortho intramolecular Hbond substituents is 2. The van der Waals surface area contributed by atoms with Gasteiger partial charge in [0.05, 0.1) is 11.6 Å². The molecule has 2 unspecified atom stereocenters. The van der Waals surface area contributed by atoms with Gasteiger partial charge in [0.25, 0.3) is 11.8 Å². The third kappa shape index (κ3) is 9.82. The van der Waals surface area contributed by atoms with Gasteiger partial charge in [0.2, 0.25) is 11.7 Å². The highest BCUT2D eigenvalue weighted by atomic mass is 16.5. The van der Waals surface area contributed by atoms with Crippen molar-refractivity contribution in [2.45, 2.75) is 72.0 Å². The van der Waals surface area contributed by atoms with Gasteiger partial charge in [-0.3, -0.25) is 29.1 Å². The smallest absolute Gasteiger partial charge is 0.289 e. The molecular formula is C48H56N8O6. The van der Waals surface area contributed by atoms with E-state index in [0.717, 1.165) is 49.0 Å². The van der Waals surface area contributed by atoms with Gasteiger partial charge in [-0.05, 0) is 104 Å². The van der Waals surface area contributed by atoms with Crippen LogP contribution in [-0.4, -0.2) is 89.9 Å². The number of nitrogens with one attached hydrogen (secondary N) is 3. The van der Waals surface area contributed by atoms with Gasteiger partial charge < -0.3 is 25.7 Å². The van der Waals surface area contributed by atoms with E-state index in [4.69, 9.17) is 5.21 Å². The lowest BCUT2D eigenvalue weighted by Crippen LogP contribution is -2.42. The number of allylic oxidation sites excluding steroid dienone is 3. The summed E-state index contributed by atoms with van der Waals surface area (Å²) >= 11 is 0. The summed E-state index contributed by atoms with van der Waals surface area (Å²) in [5.41, 5.74) is 8.60. The van der Waals surface area contributed by atoms with Gasteiger partial charge in [-0.25, -0.2) is 5.48 Å². The Hall–Kier alpha value is -6.51. The van der Waals surface area contributed by atoms with Crippen LogP contribution in [0.15, 0.2) is 102 Å². The summed E-state index contributed by atoms with van der Waals surface area (Å²) in [6.07, 6.45) is 13.7. The van der Waals surface area contributed by atoms with Crippen LogP contribution in [0.5, 0.6) is 11.5 Å². The average Bonchev–Trinajstić information content (AvgIpc) is 3.85. The molecule has 14 heteroatoms. The second-order valence-corrected chi connectivity index (χ2v) is 16.5. The number of fused-ring (bicyclic) bond motifs is 1. The number of likely N-dealkylation sites (tertiary alicyclic amines) is 1. The standard InChI is InChI=1S/C48H56N8O6/c1-5-49-47(60)46-52-51-45(40-26-39(30(2)3)42(57)27-43(40)58)56(46)36-17-14-33(15-18-36)28-54-23-20-35(21-24-54)48(61)55(25-22-37-31(4)50-41-9-7-6-8-38(37)41)29-34-12-10-32(11-13-34)16-19-44(59)53-62/h6-19,26-27,30,35,38,41,50,57-58,62H,5,20-25,28-29H2,1-4H3,(H,49,60)(H,53,59)/b19-16+. The molecule has 1 fully saturated rings. The minimum atomic E-state index is -0.605. The van der Waals surface area contributed by atoms with Crippen molar-refractivity contribution in [2.75, 3.05) is 26.2 Å². The molecule has 0 saturated carbocycles. The summed E-state index contributed by atoms with van der Waals surface area (Å²) in [4.78, 5) is 43.4. The van der Waals surface area contributed by atoms with Crippen LogP contribution < -0.4 is 16.1 Å². The fraction of sp³-hybridized carbons (Fsp3) is 0.354. The van der Waals surface area contributed by atoms with Crippen LogP contribution in [0.4, 0.5) is 0 Å². The molecule has 62 heavy (non-hydrogen) atoms. The van der Waals surface area contributed by atoms with Crippen LogP contribution in [-0.2, 0) is 22.7 Å². The van der Waals surface area contributed by atoms with Crippen molar-refractivity contribution in [3.8, 4) is 28.6 Å². The second kappa shape index (κ2) is 19.5. The number of carbonyl (C=O) groups excluding carboxylic acids is 3. The quantitative estimate of drug-likeness (QED) is 0.0448. The maximum atomic E-state index is 14.4. The lowest BCUT2D eigenvalue weighted by molar-refractivity contribution is -0.137. The number of hydrogen-bond donors (Lipinski definition) is 6. The van der Waals surface area contributed by atoms with E-state index < -0.39 is 11.8 Å². The molecule has 0 radical (unpaired) electrons. The lowest BCUT2D eigenvalue weighted by Gasteiger charge is -2.34. The van der Waals surface area contributed by atoms with Gasteiger partial charge in [-0.1, -0.05) is 74.5 Å². The van der Waals surface area contributed by atoms with Crippen molar-refractivity contribution in [1.29, 1.82) is 0 Å². The SMILES string of the molecule is CCNC(=O)c1nnc(-c2cc(C(C)C)c(O)cc2O)n1-c1ccc(CN2CCC(C(=O)N(CCC3=C(C)NC4C=CC=CC34)Cc3ccc(/C=C/C(=O)NO)cc3)CC2)cc1. The maximum absolute atomic E-state index is 14.4. The minimum absolute atomic E-state index is 0.0187. The summed E-state index contributed by atoms with van der Waals surface area (Å²) in [6, 6.07) is 18.8. The van der Waals surface area contributed by atoms with E-state index in [-0.39, 0.29) is 52.9 Å². The predicted molar refractivity (Wildman–Crippen MR) is 237 cm³/mol. The van der Waals surface area contributed by atoms with E-state index in [2.05, 4.69) is 57.0 Å². The minimum Gasteiger partial charge on any atom is -0.508 e. The summed E-state index contributed by atoms with van der Waals surface area (Å²) in [6.45, 7) is 11.5. The monoisotopic (exact) mass is 840 g/mol. The molecule has 3 heterocycles. The van der Waals surface area contributed by atoms with Gasteiger partial charge >= 0.3 is 0 Å². The van der Waals surface area contributed by atoms with Gasteiger partial charge in [-0.15, -0.1) is 10.2 Å². The normalized spacial score (nSPS) is 17.7. The fourth-order valence-electron chi connectivity index (χ4n) is 8.64. The molecule has 3 amide bonds. The number of carbonyl (C=O) groups is 3. The molecule has 1 aromatic heterocycles. The molecule has 3 aliphatic rings. The number of phenols is 2. The molecule has 4 aromatic rings. The molecule has 2 atom stereocenters. The molecule has 0 spiro atoms. The van der Waals surface area contributed by atoms with Crippen LogP contribution >= 0.6 is 0 Å². The molecule has 6 N–H and O–H groups in total. The predicted octanol–water partition coefficient (Wildman–Crippen LogP) is 6.36. The van der Waals surface area contributed by atoms with Crippen molar-refractivity contribution in [3.05, 3.63) is 130 Å². The average molecular weight is 841 g/mol. The van der Waals surface area contributed by atoms with Crippen molar-refractivity contribution in [1.82, 2.24) is 40.7 Å². The van der Waals surface area contributed by atoms with E-state index in [0.29, 0.717) is 43.0 Å². The van der Waals surface area contributed by atoms with Crippen LogP contribution in [0.3, 0.4) is 0 Å². The number of benzene rings is 3.